The molecule has 0 bridgehead atoms. The lowest BCUT2D eigenvalue weighted by atomic mass is 9.69. The minimum Gasteiger partial charge on any atom is -0.363 e. The third kappa shape index (κ3) is 2.29. The van der Waals surface area contributed by atoms with Crippen LogP contribution >= 0.6 is 15.9 Å². The quantitative estimate of drug-likeness (QED) is 0.344. The molecule has 2 heterocycles. The Labute approximate surface area is 186 Å². The molecule has 0 fully saturated rings. The van der Waals surface area contributed by atoms with E-state index in [9.17, 15) is 0 Å². The van der Waals surface area contributed by atoms with Crippen LogP contribution in [-0.2, 0) is 0 Å². The van der Waals surface area contributed by atoms with E-state index in [4.69, 9.17) is 0 Å². The van der Waals surface area contributed by atoms with Crippen LogP contribution in [0.25, 0.3) is 10.8 Å². The van der Waals surface area contributed by atoms with Crippen LogP contribution in [0.1, 0.15) is 47.4 Å². The summed E-state index contributed by atoms with van der Waals surface area (Å²) in [5, 5.41) is 2.87. The molecule has 0 saturated carbocycles. The maximum absolute atomic E-state index is 3.64. The number of fused-ring (bicyclic) bond motifs is 6. The topological polar surface area (TPSA) is 3.24 Å². The molecule has 0 saturated heterocycles. The largest absolute Gasteiger partial charge is 0.363 e. The Bertz CT molecular complexity index is 1220. The first-order valence-electron chi connectivity index (χ1n) is 11.2. The fraction of sp³-hybridized carbons (Fsp3) is 0.286. The summed E-state index contributed by atoms with van der Waals surface area (Å²) in [7, 11) is 0. The van der Waals surface area contributed by atoms with E-state index >= 15 is 0 Å². The number of benzene rings is 3. The number of hydrogen-bond acceptors (Lipinski definition) is 1. The van der Waals surface area contributed by atoms with Crippen LogP contribution in [0, 0.1) is 11.8 Å². The van der Waals surface area contributed by atoms with Crippen molar-refractivity contribution in [2.75, 3.05) is 11.4 Å². The van der Waals surface area contributed by atoms with E-state index in [0.717, 1.165) is 4.47 Å². The number of hydrogen-bond donors (Lipinski definition) is 0. The van der Waals surface area contributed by atoms with E-state index in [1.807, 2.05) is 0 Å². The molecule has 2 heteroatoms. The fourth-order valence-corrected chi connectivity index (χ4v) is 7.03. The lowest BCUT2D eigenvalue weighted by Gasteiger charge is -2.51. The summed E-state index contributed by atoms with van der Waals surface area (Å²) < 4.78 is 1.16. The Balaban J connectivity index is 1.54. The molecular weight excluding hydrogens is 430 g/mol. The average molecular weight is 454 g/mol. The van der Waals surface area contributed by atoms with Gasteiger partial charge in [0.1, 0.15) is 0 Å². The van der Waals surface area contributed by atoms with Gasteiger partial charge in [-0.25, -0.2) is 0 Å². The molecule has 5 atom stereocenters. The number of anilines is 1. The zero-order chi connectivity index (χ0) is 19.8. The van der Waals surface area contributed by atoms with Crippen molar-refractivity contribution in [1.29, 1.82) is 0 Å². The molecule has 2 aliphatic carbocycles. The standard InChI is InChI=1S/C28H24BrN/c29-20-13-11-17(12-14-20)27-24-10-4-9-23(24)26-22-7-2-1-5-18(22)15-25-21-8-3-6-19(21)16-30(27)28(25)26/h1-5,7-9,11-15,19,21,23-24,27H,6,10,16H2/t19-,21-,23-,24+,27+/m0/s1. The van der Waals surface area contributed by atoms with Gasteiger partial charge in [-0.2, -0.15) is 0 Å². The maximum atomic E-state index is 3.64. The summed E-state index contributed by atoms with van der Waals surface area (Å²) in [5.74, 6) is 2.41. The molecule has 3 aromatic rings. The van der Waals surface area contributed by atoms with Crippen LogP contribution in [0.15, 0.2) is 83.4 Å². The van der Waals surface area contributed by atoms with Crippen LogP contribution in [0.3, 0.4) is 0 Å². The van der Waals surface area contributed by atoms with E-state index in [1.165, 1.54) is 35.7 Å². The summed E-state index contributed by atoms with van der Waals surface area (Å²) in [6, 6.07) is 21.1. The molecule has 3 aromatic carbocycles. The summed E-state index contributed by atoms with van der Waals surface area (Å²) in [6.45, 7) is 1.17. The summed E-state index contributed by atoms with van der Waals surface area (Å²) in [4.78, 5) is 2.81. The molecule has 0 aromatic heterocycles. The predicted octanol–water partition coefficient (Wildman–Crippen LogP) is 7.50. The zero-order valence-electron chi connectivity index (χ0n) is 16.8. The highest BCUT2D eigenvalue weighted by atomic mass is 79.9. The van der Waals surface area contributed by atoms with E-state index in [-0.39, 0.29) is 0 Å². The van der Waals surface area contributed by atoms with Crippen LogP contribution < -0.4 is 4.90 Å². The lowest BCUT2D eigenvalue weighted by Crippen LogP contribution is -2.46. The number of allylic oxidation sites excluding steroid dienone is 4. The molecule has 2 aliphatic heterocycles. The van der Waals surface area contributed by atoms with Crippen LogP contribution in [0.2, 0.25) is 0 Å². The Morgan fingerprint density at radius 2 is 1.67 bits per heavy atom. The van der Waals surface area contributed by atoms with Crippen LogP contribution in [0.4, 0.5) is 5.69 Å². The van der Waals surface area contributed by atoms with E-state index < -0.39 is 0 Å². The van der Waals surface area contributed by atoms with Crippen molar-refractivity contribution < 1.29 is 0 Å². The third-order valence-corrected chi connectivity index (χ3v) is 8.49. The predicted molar refractivity (Wildman–Crippen MR) is 128 cm³/mol. The second-order valence-electron chi connectivity index (χ2n) is 9.40. The van der Waals surface area contributed by atoms with E-state index in [2.05, 4.69) is 99.7 Å². The van der Waals surface area contributed by atoms with Crippen molar-refractivity contribution in [2.45, 2.75) is 30.7 Å². The molecule has 0 N–H and O–H groups in total. The smallest absolute Gasteiger partial charge is 0.0582 e. The molecule has 4 aliphatic rings. The highest BCUT2D eigenvalue weighted by molar-refractivity contribution is 9.10. The van der Waals surface area contributed by atoms with Gasteiger partial charge in [0.15, 0.2) is 0 Å². The molecule has 0 radical (unpaired) electrons. The maximum Gasteiger partial charge on any atom is 0.0582 e. The Morgan fingerprint density at radius 3 is 2.57 bits per heavy atom. The first-order valence-corrected chi connectivity index (χ1v) is 12.0. The van der Waals surface area contributed by atoms with Crippen molar-refractivity contribution in [1.82, 2.24) is 0 Å². The zero-order valence-corrected chi connectivity index (χ0v) is 18.4. The van der Waals surface area contributed by atoms with Crippen molar-refractivity contribution in [3.05, 3.63) is 100 Å². The van der Waals surface area contributed by atoms with Crippen LogP contribution in [-0.4, -0.2) is 6.54 Å². The van der Waals surface area contributed by atoms with E-state index in [0.29, 0.717) is 29.7 Å². The monoisotopic (exact) mass is 453 g/mol. The van der Waals surface area contributed by atoms with Gasteiger partial charge in [0.2, 0.25) is 0 Å². The first kappa shape index (κ1) is 17.4. The molecule has 0 amide bonds. The van der Waals surface area contributed by atoms with Gasteiger partial charge in [-0.15, -0.1) is 0 Å². The molecule has 1 nitrogen and oxygen atoms in total. The molecule has 0 unspecified atom stereocenters. The van der Waals surface area contributed by atoms with E-state index in [1.54, 1.807) is 16.8 Å². The van der Waals surface area contributed by atoms with Crippen molar-refractivity contribution in [3.63, 3.8) is 0 Å². The van der Waals surface area contributed by atoms with Gasteiger partial charge in [-0.1, -0.05) is 76.6 Å². The first-order chi connectivity index (χ1) is 14.8. The number of nitrogens with zero attached hydrogens (tertiary/aromatic N) is 1. The van der Waals surface area contributed by atoms with Gasteiger partial charge in [0, 0.05) is 28.5 Å². The summed E-state index contributed by atoms with van der Waals surface area (Å²) in [6.07, 6.45) is 12.2. The van der Waals surface area contributed by atoms with Crippen molar-refractivity contribution in [3.8, 4) is 0 Å². The van der Waals surface area contributed by atoms with Crippen molar-refractivity contribution in [2.24, 2.45) is 11.8 Å². The highest BCUT2D eigenvalue weighted by Crippen LogP contribution is 2.60. The van der Waals surface area contributed by atoms with Crippen LogP contribution in [0.5, 0.6) is 0 Å². The summed E-state index contributed by atoms with van der Waals surface area (Å²) in [5.41, 5.74) is 6.16. The van der Waals surface area contributed by atoms with Gasteiger partial charge in [-0.05, 0) is 70.3 Å². The SMILES string of the molecule is Brc1ccc([C@@H]2[C@@H]3CC=C[C@@H]3c3c4c(cc5ccccc35)[C@H]3C=CC[C@H]3CN42)cc1. The minimum atomic E-state index is 0.451. The second kappa shape index (κ2) is 6.34. The molecule has 7 rings (SSSR count). The number of halogens is 1. The van der Waals surface area contributed by atoms with Crippen molar-refractivity contribution >= 4 is 32.4 Å². The Morgan fingerprint density at radius 1 is 0.867 bits per heavy atom. The van der Waals surface area contributed by atoms with Gasteiger partial charge in [0.25, 0.3) is 0 Å². The second-order valence-corrected chi connectivity index (χ2v) is 10.3. The molecule has 30 heavy (non-hydrogen) atoms. The lowest BCUT2D eigenvalue weighted by molar-refractivity contribution is 0.336. The third-order valence-electron chi connectivity index (χ3n) is 7.96. The summed E-state index contributed by atoms with van der Waals surface area (Å²) >= 11 is 3.64. The number of rotatable bonds is 1. The molecule has 148 valence electrons. The minimum absolute atomic E-state index is 0.451. The fourth-order valence-electron chi connectivity index (χ4n) is 6.77. The van der Waals surface area contributed by atoms with Gasteiger partial charge >= 0.3 is 0 Å². The Kier molecular flexibility index (Phi) is 3.67. The van der Waals surface area contributed by atoms with Gasteiger partial charge in [-0.3, -0.25) is 0 Å². The average Bonchev–Trinajstić information content (AvgIpc) is 3.44. The Hall–Kier alpha value is -2.32. The van der Waals surface area contributed by atoms with Gasteiger partial charge < -0.3 is 4.90 Å². The normalized spacial score (nSPS) is 30.4. The highest BCUT2D eigenvalue weighted by Gasteiger charge is 2.48. The van der Waals surface area contributed by atoms with Gasteiger partial charge in [0.05, 0.1) is 6.04 Å². The molecule has 0 spiro atoms. The molecular formula is C28H24BrN.